The van der Waals surface area contributed by atoms with Gasteiger partial charge in [0.1, 0.15) is 29.3 Å². The van der Waals surface area contributed by atoms with Crippen molar-refractivity contribution in [3.8, 4) is 0 Å². The van der Waals surface area contributed by atoms with Gasteiger partial charge >= 0.3 is 12.1 Å². The van der Waals surface area contributed by atoms with E-state index in [2.05, 4.69) is 23.3 Å². The van der Waals surface area contributed by atoms with Gasteiger partial charge in [-0.05, 0) is 98.4 Å². The molecular formula is C35H51N3O6S. The van der Waals surface area contributed by atoms with E-state index in [9.17, 15) is 19.2 Å². The first-order chi connectivity index (χ1) is 20.6. The van der Waals surface area contributed by atoms with E-state index in [1.54, 1.807) is 41.5 Å². The smallest absolute Gasteiger partial charge is 0.408 e. The number of nitrogens with one attached hydrogen (secondary N) is 2. The van der Waals surface area contributed by atoms with Gasteiger partial charge in [0, 0.05) is 17.7 Å². The molecule has 2 N–H and O–H groups in total. The second-order valence-corrected chi connectivity index (χ2v) is 14.6. The summed E-state index contributed by atoms with van der Waals surface area (Å²) in [5.41, 5.74) is 0.546. The number of carbonyl (C=O) groups excluding carboxylic acids is 4. The van der Waals surface area contributed by atoms with Gasteiger partial charge in [0.15, 0.2) is 0 Å². The van der Waals surface area contributed by atoms with Gasteiger partial charge in [-0.2, -0.15) is 12.6 Å². The molecule has 2 aromatic rings. The van der Waals surface area contributed by atoms with Crippen LogP contribution in [0.1, 0.15) is 90.6 Å². The number of hydrogen-bond acceptors (Lipinski definition) is 7. The summed E-state index contributed by atoms with van der Waals surface area (Å²) in [7, 11) is 0. The Kier molecular flexibility index (Phi) is 12.7. The first-order valence-corrected chi connectivity index (χ1v) is 15.8. The third-order valence-corrected chi connectivity index (χ3v) is 7.11. The highest BCUT2D eigenvalue weighted by molar-refractivity contribution is 7.80. The molecule has 0 saturated carbocycles. The van der Waals surface area contributed by atoms with Gasteiger partial charge < -0.3 is 25.0 Å². The summed E-state index contributed by atoms with van der Waals surface area (Å²) in [5, 5.41) is 5.57. The van der Waals surface area contributed by atoms with Gasteiger partial charge in [-0.3, -0.25) is 9.59 Å². The van der Waals surface area contributed by atoms with Gasteiger partial charge in [-0.1, -0.05) is 48.5 Å². The summed E-state index contributed by atoms with van der Waals surface area (Å²) in [6.07, 6.45) is -0.589. The van der Waals surface area contributed by atoms with E-state index in [0.717, 1.165) is 16.7 Å². The molecular weight excluding hydrogens is 590 g/mol. The van der Waals surface area contributed by atoms with Crippen LogP contribution in [-0.4, -0.2) is 63.4 Å². The number of aryl methyl sites for hydroxylation is 2. The lowest BCUT2D eigenvalue weighted by atomic mass is 9.90. The van der Waals surface area contributed by atoms with E-state index >= 15 is 0 Å². The first-order valence-electron chi connectivity index (χ1n) is 15.2. The first kappa shape index (κ1) is 37.7. The van der Waals surface area contributed by atoms with Crippen molar-refractivity contribution >= 4 is 36.5 Å². The van der Waals surface area contributed by atoms with Crippen molar-refractivity contribution in [2.45, 2.75) is 117 Å². The summed E-state index contributed by atoms with van der Waals surface area (Å²) < 4.78 is 11.1. The van der Waals surface area contributed by atoms with Gasteiger partial charge in [0.2, 0.25) is 11.8 Å². The molecule has 2 aromatic carbocycles. The maximum Gasteiger partial charge on any atom is 0.408 e. The molecule has 0 aromatic heterocycles. The molecule has 0 aliphatic rings. The van der Waals surface area contributed by atoms with Crippen molar-refractivity contribution < 1.29 is 28.7 Å². The number of carbonyl (C=O) groups is 4. The molecule has 0 aliphatic carbocycles. The topological polar surface area (TPSA) is 114 Å². The molecule has 0 heterocycles. The fraction of sp³-hybridized carbons (Fsp3) is 0.543. The van der Waals surface area contributed by atoms with Gasteiger partial charge in [-0.25, -0.2) is 9.59 Å². The largest absolute Gasteiger partial charge is 0.458 e. The number of rotatable bonds is 10. The zero-order valence-corrected chi connectivity index (χ0v) is 29.5. The SMILES string of the molecule is Cc1cccc(C)c1C(C(=O)NC(Cc1ccccc1)C(=O)OC(C)(C)C)N(C(=O)C(CS)NC(=O)OC(C)(C)C)C(C)(C)C. The molecule has 0 aliphatic heterocycles. The van der Waals surface area contributed by atoms with Crippen LogP contribution in [0.25, 0.3) is 0 Å². The Hall–Kier alpha value is -3.53. The summed E-state index contributed by atoms with van der Waals surface area (Å²) in [6.45, 7) is 19.7. The number of hydrogen-bond donors (Lipinski definition) is 3. The zero-order valence-electron chi connectivity index (χ0n) is 28.6. The normalized spacial score (nSPS) is 14.0. The van der Waals surface area contributed by atoms with E-state index in [1.807, 2.05) is 83.1 Å². The van der Waals surface area contributed by atoms with Crippen molar-refractivity contribution in [1.82, 2.24) is 15.5 Å². The minimum atomic E-state index is -1.16. The van der Waals surface area contributed by atoms with Crippen LogP contribution in [0.5, 0.6) is 0 Å². The lowest BCUT2D eigenvalue weighted by Gasteiger charge is -2.44. The number of alkyl carbamates (subject to hydrolysis) is 1. The number of esters is 1. The molecule has 0 spiro atoms. The predicted molar refractivity (Wildman–Crippen MR) is 180 cm³/mol. The van der Waals surface area contributed by atoms with E-state index < -0.39 is 58.7 Å². The van der Waals surface area contributed by atoms with E-state index in [0.29, 0.717) is 5.56 Å². The highest BCUT2D eigenvalue weighted by atomic mass is 32.1. The summed E-state index contributed by atoms with van der Waals surface area (Å²) >= 11 is 4.38. The number of benzene rings is 2. The van der Waals surface area contributed by atoms with Crippen LogP contribution in [-0.2, 0) is 30.3 Å². The molecule has 9 nitrogen and oxygen atoms in total. The van der Waals surface area contributed by atoms with E-state index in [1.165, 1.54) is 4.90 Å². The number of amides is 3. The Labute approximate surface area is 274 Å². The summed E-state index contributed by atoms with van der Waals surface area (Å²) in [4.78, 5) is 56.7. The fourth-order valence-corrected chi connectivity index (χ4v) is 5.20. The Balaban J connectivity index is 2.67. The van der Waals surface area contributed by atoms with Crippen LogP contribution in [0.4, 0.5) is 4.79 Å². The molecule has 45 heavy (non-hydrogen) atoms. The number of thiol groups is 1. The maximum atomic E-state index is 14.6. The highest BCUT2D eigenvalue weighted by Crippen LogP contribution is 2.34. The fourth-order valence-electron chi connectivity index (χ4n) is 4.95. The standard InChI is InChI=1S/C35H51N3O6S/c1-22-16-15-17-23(2)27(22)28(38(33(3,4)5)30(40)26(21-45)37-32(42)44-35(9,10)11)29(39)36-25(31(41)43-34(6,7)8)20-24-18-13-12-14-19-24/h12-19,25-26,28,45H,20-21H2,1-11H3,(H,36,39)(H,37,42). The minimum absolute atomic E-state index is 0.0414. The Morgan fingerprint density at radius 2 is 1.29 bits per heavy atom. The molecule has 3 amide bonds. The molecule has 2 rings (SSSR count). The average Bonchev–Trinajstić information content (AvgIpc) is 2.88. The quantitative estimate of drug-likeness (QED) is 0.221. The Morgan fingerprint density at radius 1 is 0.756 bits per heavy atom. The van der Waals surface area contributed by atoms with Gasteiger partial charge in [0.05, 0.1) is 0 Å². The van der Waals surface area contributed by atoms with Crippen LogP contribution in [0.2, 0.25) is 0 Å². The monoisotopic (exact) mass is 641 g/mol. The second-order valence-electron chi connectivity index (χ2n) is 14.3. The lowest BCUT2D eigenvalue weighted by Crippen LogP contribution is -2.60. The molecule has 248 valence electrons. The van der Waals surface area contributed by atoms with Crippen molar-refractivity contribution in [3.05, 3.63) is 70.8 Å². The van der Waals surface area contributed by atoms with Gasteiger partial charge in [-0.15, -0.1) is 0 Å². The third-order valence-electron chi connectivity index (χ3n) is 6.74. The molecule has 0 radical (unpaired) electrons. The zero-order chi connectivity index (χ0) is 34.3. The highest BCUT2D eigenvalue weighted by Gasteiger charge is 2.43. The molecule has 0 bridgehead atoms. The minimum Gasteiger partial charge on any atom is -0.458 e. The van der Waals surface area contributed by atoms with Crippen LogP contribution in [0.15, 0.2) is 48.5 Å². The molecule has 0 fully saturated rings. The van der Waals surface area contributed by atoms with Crippen molar-refractivity contribution in [2.24, 2.45) is 0 Å². The van der Waals surface area contributed by atoms with Crippen LogP contribution in [0.3, 0.4) is 0 Å². The van der Waals surface area contributed by atoms with Crippen LogP contribution < -0.4 is 10.6 Å². The van der Waals surface area contributed by atoms with E-state index in [-0.39, 0.29) is 12.2 Å². The Morgan fingerprint density at radius 3 is 1.76 bits per heavy atom. The third kappa shape index (κ3) is 11.4. The summed E-state index contributed by atoms with van der Waals surface area (Å²) in [6, 6.07) is 11.7. The predicted octanol–water partition coefficient (Wildman–Crippen LogP) is 5.86. The number of ether oxygens (including phenoxy) is 2. The summed E-state index contributed by atoms with van der Waals surface area (Å²) in [5.74, 6) is -1.71. The molecule has 10 heteroatoms. The van der Waals surface area contributed by atoms with E-state index in [4.69, 9.17) is 9.47 Å². The van der Waals surface area contributed by atoms with Gasteiger partial charge in [0.25, 0.3) is 0 Å². The average molecular weight is 642 g/mol. The van der Waals surface area contributed by atoms with Crippen molar-refractivity contribution in [2.75, 3.05) is 5.75 Å². The van der Waals surface area contributed by atoms with Crippen molar-refractivity contribution in [3.63, 3.8) is 0 Å². The lowest BCUT2D eigenvalue weighted by molar-refractivity contribution is -0.159. The Bertz CT molecular complexity index is 1320. The van der Waals surface area contributed by atoms with Crippen LogP contribution >= 0.6 is 12.6 Å². The molecule has 3 unspecified atom stereocenters. The molecule has 3 atom stereocenters. The molecule has 0 saturated heterocycles. The van der Waals surface area contributed by atoms with Crippen LogP contribution in [0, 0.1) is 13.8 Å². The maximum absolute atomic E-state index is 14.6. The second kappa shape index (κ2) is 15.2. The van der Waals surface area contributed by atoms with Crippen molar-refractivity contribution in [1.29, 1.82) is 0 Å². The number of nitrogens with zero attached hydrogens (tertiary/aromatic N) is 1.